The van der Waals surface area contributed by atoms with E-state index in [0.29, 0.717) is 17.9 Å². The van der Waals surface area contributed by atoms with Gasteiger partial charge in [0.1, 0.15) is 5.82 Å². The average molecular weight is 388 g/mol. The molecule has 0 bridgehead atoms. The molecule has 3 aliphatic rings. The standard InChI is InChI=1S/C23H34FN3O/c24-21-7-1-2-8-22(21)25-16-11-20(12-17-25)27-15-5-6-19(18-27)9-10-23(28)26-13-3-4-14-26/h1-2,7-8,19-20H,3-6,9-18H2/t19-/m0/s1. The maximum atomic E-state index is 14.1. The Morgan fingerprint density at radius 2 is 1.71 bits per heavy atom. The zero-order valence-electron chi connectivity index (χ0n) is 17.0. The first kappa shape index (κ1) is 19.7. The van der Waals surface area contributed by atoms with E-state index in [4.69, 9.17) is 0 Å². The third-order valence-electron chi connectivity index (χ3n) is 6.95. The summed E-state index contributed by atoms with van der Waals surface area (Å²) in [6, 6.07) is 7.74. The van der Waals surface area contributed by atoms with E-state index >= 15 is 0 Å². The first-order valence-electron chi connectivity index (χ1n) is 11.2. The quantitative estimate of drug-likeness (QED) is 0.766. The van der Waals surface area contributed by atoms with Crippen molar-refractivity contribution in [3.63, 3.8) is 0 Å². The number of hydrogen-bond donors (Lipinski definition) is 0. The molecule has 1 aromatic carbocycles. The minimum absolute atomic E-state index is 0.110. The predicted molar refractivity (Wildman–Crippen MR) is 111 cm³/mol. The molecule has 3 saturated heterocycles. The number of likely N-dealkylation sites (tertiary alicyclic amines) is 2. The van der Waals surface area contributed by atoms with E-state index < -0.39 is 0 Å². The summed E-state index contributed by atoms with van der Waals surface area (Å²) in [4.78, 5) is 19.3. The second-order valence-electron chi connectivity index (χ2n) is 8.80. The van der Waals surface area contributed by atoms with Crippen molar-refractivity contribution in [1.29, 1.82) is 0 Å². The van der Waals surface area contributed by atoms with Crippen molar-refractivity contribution < 1.29 is 9.18 Å². The lowest BCUT2D eigenvalue weighted by Gasteiger charge is -2.43. The highest BCUT2D eigenvalue weighted by atomic mass is 19.1. The number of hydrogen-bond acceptors (Lipinski definition) is 3. The number of anilines is 1. The van der Waals surface area contributed by atoms with E-state index in [1.165, 1.54) is 32.2 Å². The summed E-state index contributed by atoms with van der Waals surface area (Å²) in [6.45, 7) is 6.12. The van der Waals surface area contributed by atoms with Crippen molar-refractivity contribution in [2.75, 3.05) is 44.2 Å². The lowest BCUT2D eigenvalue weighted by atomic mass is 9.90. The topological polar surface area (TPSA) is 26.8 Å². The van der Waals surface area contributed by atoms with E-state index in [1.807, 2.05) is 12.1 Å². The van der Waals surface area contributed by atoms with E-state index in [0.717, 1.165) is 64.1 Å². The smallest absolute Gasteiger partial charge is 0.222 e. The van der Waals surface area contributed by atoms with Gasteiger partial charge in [-0.05, 0) is 69.5 Å². The van der Waals surface area contributed by atoms with E-state index in [-0.39, 0.29) is 5.82 Å². The molecule has 0 N–H and O–H groups in total. The molecule has 3 fully saturated rings. The second kappa shape index (κ2) is 9.25. The van der Waals surface area contributed by atoms with Gasteiger partial charge in [-0.3, -0.25) is 9.69 Å². The summed E-state index contributed by atoms with van der Waals surface area (Å²) < 4.78 is 14.1. The van der Waals surface area contributed by atoms with Crippen LogP contribution in [-0.4, -0.2) is 61.0 Å². The largest absolute Gasteiger partial charge is 0.369 e. The monoisotopic (exact) mass is 387 g/mol. The highest BCUT2D eigenvalue weighted by molar-refractivity contribution is 5.76. The number of para-hydroxylation sites is 1. The molecule has 4 rings (SSSR count). The summed E-state index contributed by atoms with van der Waals surface area (Å²) in [5.41, 5.74) is 0.748. The van der Waals surface area contributed by atoms with Crippen molar-refractivity contribution in [3.8, 4) is 0 Å². The molecule has 1 aromatic rings. The minimum Gasteiger partial charge on any atom is -0.369 e. The van der Waals surface area contributed by atoms with Crippen LogP contribution in [0.5, 0.6) is 0 Å². The number of halogens is 1. The number of rotatable bonds is 5. The fourth-order valence-corrected chi connectivity index (χ4v) is 5.30. The number of nitrogens with zero attached hydrogens (tertiary/aromatic N) is 3. The normalized spacial score (nSPS) is 24.7. The first-order valence-corrected chi connectivity index (χ1v) is 11.2. The van der Waals surface area contributed by atoms with Crippen molar-refractivity contribution in [3.05, 3.63) is 30.1 Å². The highest BCUT2D eigenvalue weighted by Gasteiger charge is 2.30. The van der Waals surface area contributed by atoms with Gasteiger partial charge in [0.2, 0.25) is 5.91 Å². The molecule has 0 aliphatic carbocycles. The molecule has 0 unspecified atom stereocenters. The SMILES string of the molecule is O=C(CC[C@@H]1CCCN(C2CCN(c3ccccc3F)CC2)C1)N1CCCC1. The average Bonchev–Trinajstić information content (AvgIpc) is 3.28. The molecule has 154 valence electrons. The van der Waals surface area contributed by atoms with E-state index in [2.05, 4.69) is 14.7 Å². The Morgan fingerprint density at radius 1 is 0.964 bits per heavy atom. The summed E-state index contributed by atoms with van der Waals surface area (Å²) in [5.74, 6) is 0.916. The molecule has 3 aliphatic heterocycles. The zero-order chi connectivity index (χ0) is 19.3. The summed E-state index contributed by atoms with van der Waals surface area (Å²) in [5, 5.41) is 0. The van der Waals surface area contributed by atoms with Gasteiger partial charge in [0.15, 0.2) is 0 Å². The van der Waals surface area contributed by atoms with Gasteiger partial charge in [-0.2, -0.15) is 0 Å². The van der Waals surface area contributed by atoms with Crippen molar-refractivity contribution >= 4 is 11.6 Å². The Bertz CT molecular complexity index is 653. The fourth-order valence-electron chi connectivity index (χ4n) is 5.30. The van der Waals surface area contributed by atoms with Crippen LogP contribution < -0.4 is 4.90 Å². The predicted octanol–water partition coefficient (Wildman–Crippen LogP) is 3.91. The van der Waals surface area contributed by atoms with Gasteiger partial charge in [-0.15, -0.1) is 0 Å². The molecule has 5 heteroatoms. The number of carbonyl (C=O) groups excluding carboxylic acids is 1. The molecule has 0 saturated carbocycles. The highest BCUT2D eigenvalue weighted by Crippen LogP contribution is 2.29. The third kappa shape index (κ3) is 4.68. The molecule has 1 atom stereocenters. The Hall–Kier alpha value is -1.62. The van der Waals surface area contributed by atoms with Crippen LogP contribution in [0.4, 0.5) is 10.1 Å². The minimum atomic E-state index is -0.110. The van der Waals surface area contributed by atoms with Gasteiger partial charge in [-0.1, -0.05) is 12.1 Å². The van der Waals surface area contributed by atoms with Crippen LogP contribution in [0.25, 0.3) is 0 Å². The lowest BCUT2D eigenvalue weighted by molar-refractivity contribution is -0.130. The second-order valence-corrected chi connectivity index (χ2v) is 8.80. The van der Waals surface area contributed by atoms with Gasteiger partial charge < -0.3 is 9.80 Å². The number of benzene rings is 1. The molecule has 0 spiro atoms. The summed E-state index contributed by atoms with van der Waals surface area (Å²) >= 11 is 0. The maximum Gasteiger partial charge on any atom is 0.222 e. The van der Waals surface area contributed by atoms with E-state index in [1.54, 1.807) is 12.1 Å². The molecule has 1 amide bonds. The van der Waals surface area contributed by atoms with E-state index in [9.17, 15) is 9.18 Å². The van der Waals surface area contributed by atoms with Crippen LogP contribution in [-0.2, 0) is 4.79 Å². The fraction of sp³-hybridized carbons (Fsp3) is 0.696. The van der Waals surface area contributed by atoms with Gasteiger partial charge in [-0.25, -0.2) is 4.39 Å². The van der Waals surface area contributed by atoms with Crippen molar-refractivity contribution in [1.82, 2.24) is 9.80 Å². The number of piperidine rings is 2. The van der Waals surface area contributed by atoms with Crippen LogP contribution in [0.15, 0.2) is 24.3 Å². The van der Waals surface area contributed by atoms with Crippen LogP contribution in [0.1, 0.15) is 51.4 Å². The Morgan fingerprint density at radius 3 is 2.46 bits per heavy atom. The van der Waals surface area contributed by atoms with Gasteiger partial charge in [0.25, 0.3) is 0 Å². The molecule has 0 aromatic heterocycles. The molecule has 0 radical (unpaired) electrons. The molecular weight excluding hydrogens is 353 g/mol. The van der Waals surface area contributed by atoms with Gasteiger partial charge in [0.05, 0.1) is 5.69 Å². The summed E-state index contributed by atoms with van der Waals surface area (Å²) in [7, 11) is 0. The van der Waals surface area contributed by atoms with Gasteiger partial charge >= 0.3 is 0 Å². The van der Waals surface area contributed by atoms with Crippen LogP contribution in [0.3, 0.4) is 0 Å². The maximum absolute atomic E-state index is 14.1. The van der Waals surface area contributed by atoms with Crippen molar-refractivity contribution in [2.45, 2.75) is 57.4 Å². The number of carbonyl (C=O) groups is 1. The van der Waals surface area contributed by atoms with Crippen LogP contribution in [0, 0.1) is 11.7 Å². The third-order valence-corrected chi connectivity index (χ3v) is 6.95. The molecule has 4 nitrogen and oxygen atoms in total. The van der Waals surface area contributed by atoms with Gasteiger partial charge in [0, 0.05) is 45.2 Å². The Labute approximate surface area is 168 Å². The van der Waals surface area contributed by atoms with Crippen molar-refractivity contribution in [2.24, 2.45) is 5.92 Å². The Balaban J connectivity index is 1.24. The summed E-state index contributed by atoms with van der Waals surface area (Å²) in [6.07, 6.45) is 8.84. The number of amides is 1. The lowest BCUT2D eigenvalue weighted by Crippen LogP contribution is -2.48. The molecule has 28 heavy (non-hydrogen) atoms. The van der Waals surface area contributed by atoms with Crippen LogP contribution in [0.2, 0.25) is 0 Å². The Kier molecular flexibility index (Phi) is 6.50. The zero-order valence-corrected chi connectivity index (χ0v) is 17.0. The molecule has 3 heterocycles. The first-order chi connectivity index (χ1) is 13.7. The molecular formula is C23H34FN3O. The van der Waals surface area contributed by atoms with Crippen LogP contribution >= 0.6 is 0 Å².